The van der Waals surface area contributed by atoms with Crippen molar-refractivity contribution in [3.8, 4) is 0 Å². The number of carboxylic acid groups (broad SMARTS) is 1. The molecule has 1 fully saturated rings. The number of pyridine rings is 2. The lowest BCUT2D eigenvalue weighted by molar-refractivity contribution is -0.187. The van der Waals surface area contributed by atoms with Gasteiger partial charge < -0.3 is 19.5 Å². The summed E-state index contributed by atoms with van der Waals surface area (Å²) in [6.07, 6.45) is -3.88. The Morgan fingerprint density at radius 3 is 2.31 bits per heavy atom. The molecule has 0 aliphatic carbocycles. The van der Waals surface area contributed by atoms with Gasteiger partial charge in [0.2, 0.25) is 5.43 Å². The van der Waals surface area contributed by atoms with Gasteiger partial charge in [-0.05, 0) is 33.8 Å². The Hall–Kier alpha value is -3.18. The van der Waals surface area contributed by atoms with Crippen molar-refractivity contribution in [2.45, 2.75) is 51.5 Å². The highest BCUT2D eigenvalue weighted by molar-refractivity contribution is 5.92. The Kier molecular flexibility index (Phi) is 5.47. The molecule has 0 bridgehead atoms. The Balaban J connectivity index is 2.08. The predicted molar refractivity (Wildman–Crippen MR) is 107 cm³/mol. The predicted octanol–water partition coefficient (Wildman–Crippen LogP) is 2.59. The summed E-state index contributed by atoms with van der Waals surface area (Å²) in [5.41, 5.74) is -2.11. The van der Waals surface area contributed by atoms with Gasteiger partial charge >= 0.3 is 18.1 Å². The van der Waals surface area contributed by atoms with E-state index in [1.54, 1.807) is 20.8 Å². The van der Waals surface area contributed by atoms with E-state index in [1.165, 1.54) is 16.4 Å². The van der Waals surface area contributed by atoms with Gasteiger partial charge in [-0.2, -0.15) is 13.2 Å². The summed E-state index contributed by atoms with van der Waals surface area (Å²) in [6.45, 7) is 6.67. The van der Waals surface area contributed by atoms with Crippen LogP contribution in [0.25, 0.3) is 11.0 Å². The number of hydrogen-bond acceptors (Lipinski definition) is 5. The zero-order valence-corrected chi connectivity index (χ0v) is 18.0. The largest absolute Gasteiger partial charge is 0.477 e. The normalized spacial score (nSPS) is 19.1. The number of carbonyl (C=O) groups excluding carboxylic acids is 1. The molecule has 3 rings (SSSR count). The van der Waals surface area contributed by atoms with Gasteiger partial charge in [0.15, 0.2) is 11.6 Å². The van der Waals surface area contributed by atoms with Crippen LogP contribution in [0.15, 0.2) is 17.1 Å². The van der Waals surface area contributed by atoms with Crippen LogP contribution in [-0.2, 0) is 10.3 Å². The first-order valence-electron chi connectivity index (χ1n) is 9.66. The van der Waals surface area contributed by atoms with Crippen LogP contribution in [0.5, 0.6) is 0 Å². The molecule has 12 heteroatoms. The Labute approximate surface area is 180 Å². The SMILES string of the molecule is CC1C(N(C)C(=O)C(F)(F)F)CN1c1nc2c(cc1F)c(=O)c(C(=O)O)cn2C(C)(C)C. The van der Waals surface area contributed by atoms with Crippen LogP contribution in [0.4, 0.5) is 23.4 Å². The number of alkyl halides is 3. The molecule has 1 aliphatic heterocycles. The molecular formula is C20H22F4N4O4. The molecule has 0 spiro atoms. The minimum Gasteiger partial charge on any atom is -0.477 e. The number of halogens is 4. The first-order valence-corrected chi connectivity index (χ1v) is 9.66. The summed E-state index contributed by atoms with van der Waals surface area (Å²) in [5.74, 6) is -4.58. The van der Waals surface area contributed by atoms with Crippen LogP contribution in [0.1, 0.15) is 38.1 Å². The number of amides is 1. The molecule has 1 aliphatic rings. The van der Waals surface area contributed by atoms with Crippen molar-refractivity contribution in [3.05, 3.63) is 33.9 Å². The molecule has 0 saturated carbocycles. The maximum absolute atomic E-state index is 14.9. The molecule has 1 N–H and O–H groups in total. The van der Waals surface area contributed by atoms with E-state index >= 15 is 0 Å². The van der Waals surface area contributed by atoms with Gasteiger partial charge in [-0.1, -0.05) is 0 Å². The van der Waals surface area contributed by atoms with Crippen molar-refractivity contribution in [1.29, 1.82) is 0 Å². The fourth-order valence-corrected chi connectivity index (χ4v) is 3.75. The summed E-state index contributed by atoms with van der Waals surface area (Å²) in [7, 11) is 1.03. The molecule has 0 aromatic carbocycles. The van der Waals surface area contributed by atoms with Crippen LogP contribution in [0, 0.1) is 5.82 Å². The number of hydrogen-bond donors (Lipinski definition) is 1. The number of rotatable bonds is 3. The second-order valence-corrected chi connectivity index (χ2v) is 8.76. The van der Waals surface area contributed by atoms with Gasteiger partial charge in [0.1, 0.15) is 11.2 Å². The van der Waals surface area contributed by atoms with E-state index in [4.69, 9.17) is 0 Å². The van der Waals surface area contributed by atoms with Gasteiger partial charge in [0, 0.05) is 31.4 Å². The monoisotopic (exact) mass is 458 g/mol. The average molecular weight is 458 g/mol. The van der Waals surface area contributed by atoms with Gasteiger partial charge in [-0.15, -0.1) is 0 Å². The molecule has 1 amide bonds. The first kappa shape index (κ1) is 23.5. The summed E-state index contributed by atoms with van der Waals surface area (Å²) in [6, 6.07) is -0.613. The van der Waals surface area contributed by atoms with Crippen LogP contribution in [0.2, 0.25) is 0 Å². The summed E-state index contributed by atoms with van der Waals surface area (Å²) >= 11 is 0. The summed E-state index contributed by atoms with van der Waals surface area (Å²) < 4.78 is 54.6. The van der Waals surface area contributed by atoms with Crippen LogP contribution in [0.3, 0.4) is 0 Å². The lowest BCUT2D eigenvalue weighted by Gasteiger charge is -2.50. The second kappa shape index (κ2) is 7.45. The Morgan fingerprint density at radius 2 is 1.84 bits per heavy atom. The number of carboxylic acids is 1. The number of likely N-dealkylation sites (N-methyl/N-ethyl adjacent to an activating group) is 1. The standard InChI is InChI=1S/C20H22F4N4O4/c1-9-13(26(5)18(32)20(22,23)24)8-27(9)16-12(21)6-10-14(29)11(17(30)31)7-28(15(10)25-16)19(2,3)4/h6-7,9,13H,8H2,1-5H3,(H,30,31). The maximum atomic E-state index is 14.9. The fraction of sp³-hybridized carbons (Fsp3) is 0.500. The molecule has 2 atom stereocenters. The van der Waals surface area contributed by atoms with E-state index in [0.717, 1.165) is 19.3 Å². The number of nitrogens with zero attached hydrogens (tertiary/aromatic N) is 4. The number of carbonyl (C=O) groups is 2. The third-order valence-electron chi connectivity index (χ3n) is 5.63. The zero-order valence-electron chi connectivity index (χ0n) is 18.0. The zero-order chi connectivity index (χ0) is 24.3. The lowest BCUT2D eigenvalue weighted by Crippen LogP contribution is -2.67. The molecule has 32 heavy (non-hydrogen) atoms. The molecular weight excluding hydrogens is 436 g/mol. The summed E-state index contributed by atoms with van der Waals surface area (Å²) in [4.78, 5) is 41.8. The quantitative estimate of drug-likeness (QED) is 0.711. The molecule has 0 radical (unpaired) electrons. The molecule has 1 saturated heterocycles. The van der Waals surface area contributed by atoms with Crippen molar-refractivity contribution in [2.75, 3.05) is 18.5 Å². The first-order chi connectivity index (χ1) is 14.6. The molecule has 2 aromatic rings. The topological polar surface area (TPSA) is 95.7 Å². The highest BCUT2D eigenvalue weighted by Crippen LogP contribution is 2.33. The maximum Gasteiger partial charge on any atom is 0.471 e. The highest BCUT2D eigenvalue weighted by atomic mass is 19.4. The van der Waals surface area contributed by atoms with E-state index in [9.17, 15) is 37.1 Å². The van der Waals surface area contributed by atoms with Crippen molar-refractivity contribution in [1.82, 2.24) is 14.5 Å². The Bertz CT molecular complexity index is 1170. The van der Waals surface area contributed by atoms with E-state index in [1.807, 2.05) is 0 Å². The molecule has 2 unspecified atom stereocenters. The lowest BCUT2D eigenvalue weighted by atomic mass is 9.96. The van der Waals surface area contributed by atoms with Gasteiger partial charge in [0.25, 0.3) is 0 Å². The van der Waals surface area contributed by atoms with Crippen LogP contribution < -0.4 is 10.3 Å². The van der Waals surface area contributed by atoms with E-state index in [0.29, 0.717) is 4.90 Å². The van der Waals surface area contributed by atoms with Gasteiger partial charge in [-0.3, -0.25) is 9.59 Å². The summed E-state index contributed by atoms with van der Waals surface area (Å²) in [5, 5.41) is 9.12. The average Bonchev–Trinajstić information content (AvgIpc) is 2.65. The van der Waals surface area contributed by atoms with Crippen LogP contribution in [-0.4, -0.2) is 63.3 Å². The number of aromatic nitrogens is 2. The minimum atomic E-state index is -5.02. The van der Waals surface area contributed by atoms with Crippen molar-refractivity contribution < 1.29 is 32.3 Å². The molecule has 8 nitrogen and oxygen atoms in total. The second-order valence-electron chi connectivity index (χ2n) is 8.76. The highest BCUT2D eigenvalue weighted by Gasteiger charge is 2.49. The van der Waals surface area contributed by atoms with Crippen molar-refractivity contribution in [2.24, 2.45) is 0 Å². The van der Waals surface area contributed by atoms with Crippen molar-refractivity contribution in [3.63, 3.8) is 0 Å². The van der Waals surface area contributed by atoms with Gasteiger partial charge in [0.05, 0.1) is 11.4 Å². The van der Waals surface area contributed by atoms with E-state index in [2.05, 4.69) is 4.98 Å². The molecule has 2 aromatic heterocycles. The Morgan fingerprint density at radius 1 is 1.25 bits per heavy atom. The number of fused-ring (bicyclic) bond motifs is 1. The van der Waals surface area contributed by atoms with Gasteiger partial charge in [-0.25, -0.2) is 14.2 Å². The third-order valence-corrected chi connectivity index (χ3v) is 5.63. The molecule has 174 valence electrons. The fourth-order valence-electron chi connectivity index (χ4n) is 3.75. The molecule has 3 heterocycles. The number of anilines is 1. The number of aromatic carboxylic acids is 1. The van der Waals surface area contributed by atoms with Crippen LogP contribution >= 0.6 is 0 Å². The van der Waals surface area contributed by atoms with Crippen molar-refractivity contribution >= 4 is 28.7 Å². The van der Waals surface area contributed by atoms with E-state index in [-0.39, 0.29) is 23.4 Å². The minimum absolute atomic E-state index is 0.0410. The van der Waals surface area contributed by atoms with E-state index < -0.39 is 52.5 Å². The smallest absolute Gasteiger partial charge is 0.471 e. The third kappa shape index (κ3) is 3.78.